The first-order chi connectivity index (χ1) is 9.60. The molecule has 1 aliphatic heterocycles. The van der Waals surface area contributed by atoms with E-state index >= 15 is 0 Å². The van der Waals surface area contributed by atoms with Gasteiger partial charge in [-0.1, -0.05) is 0 Å². The van der Waals surface area contributed by atoms with E-state index < -0.39 is 0 Å². The molecule has 2 rings (SSSR count). The third kappa shape index (κ3) is 3.78. The molecule has 1 aromatic rings. The molecular weight excluding hydrogens is 260 g/mol. The number of aromatic nitrogens is 2. The molecule has 2 heterocycles. The molecule has 0 aliphatic carbocycles. The average molecular weight is 282 g/mol. The quantitative estimate of drug-likeness (QED) is 0.800. The van der Waals surface area contributed by atoms with Gasteiger partial charge in [0.2, 0.25) is 5.91 Å². The largest absolute Gasteiger partial charge is 0.394 e. The van der Waals surface area contributed by atoms with Gasteiger partial charge in [-0.3, -0.25) is 9.69 Å². The van der Waals surface area contributed by atoms with Crippen LogP contribution in [-0.4, -0.2) is 64.6 Å². The minimum Gasteiger partial charge on any atom is -0.394 e. The van der Waals surface area contributed by atoms with Gasteiger partial charge in [-0.15, -0.1) is 0 Å². The molecule has 1 amide bonds. The highest BCUT2D eigenvalue weighted by Crippen LogP contribution is 2.13. The average Bonchev–Trinajstić information content (AvgIpc) is 2.87. The first-order valence-electron chi connectivity index (χ1n) is 6.88. The maximum atomic E-state index is 12.1. The van der Waals surface area contributed by atoms with Gasteiger partial charge < -0.3 is 15.2 Å². The van der Waals surface area contributed by atoms with E-state index in [2.05, 4.69) is 10.4 Å². The first kappa shape index (κ1) is 15.0. The number of anilines is 1. The smallest absolute Gasteiger partial charge is 0.239 e. The van der Waals surface area contributed by atoms with Crippen LogP contribution in [0.25, 0.3) is 0 Å². The molecule has 1 fully saturated rings. The monoisotopic (exact) mass is 282 g/mol. The summed E-state index contributed by atoms with van der Waals surface area (Å²) in [5.41, 5.74) is 0. The number of nitrogens with one attached hydrogen (secondary N) is 1. The van der Waals surface area contributed by atoms with Gasteiger partial charge >= 0.3 is 0 Å². The number of hydrogen-bond donors (Lipinski definition) is 2. The van der Waals surface area contributed by atoms with Crippen molar-refractivity contribution in [1.82, 2.24) is 14.7 Å². The normalized spacial score (nSPS) is 20.3. The Labute approximate surface area is 118 Å². The van der Waals surface area contributed by atoms with Crippen molar-refractivity contribution in [2.24, 2.45) is 0 Å². The highest BCUT2D eigenvalue weighted by molar-refractivity contribution is 5.91. The minimum atomic E-state index is -0.197. The third-order valence-electron chi connectivity index (χ3n) is 3.22. The fourth-order valence-corrected chi connectivity index (χ4v) is 2.24. The summed E-state index contributed by atoms with van der Waals surface area (Å²) in [6.07, 6.45) is 1.48. The molecule has 0 radical (unpaired) electrons. The molecular formula is C13H22N4O3. The van der Waals surface area contributed by atoms with Crippen molar-refractivity contribution >= 4 is 11.7 Å². The lowest BCUT2D eigenvalue weighted by atomic mass is 10.3. The van der Waals surface area contributed by atoms with E-state index in [1.165, 1.54) is 0 Å². The number of carbonyl (C=O) groups excluding carboxylic acids is 1. The van der Waals surface area contributed by atoms with E-state index in [1.54, 1.807) is 16.9 Å². The van der Waals surface area contributed by atoms with Crippen LogP contribution in [0.2, 0.25) is 0 Å². The second-order valence-corrected chi connectivity index (χ2v) is 5.21. The van der Waals surface area contributed by atoms with Crippen molar-refractivity contribution in [3.05, 3.63) is 12.3 Å². The van der Waals surface area contributed by atoms with Crippen LogP contribution in [0.1, 0.15) is 19.9 Å². The van der Waals surface area contributed by atoms with E-state index in [1.807, 2.05) is 18.7 Å². The maximum Gasteiger partial charge on any atom is 0.239 e. The van der Waals surface area contributed by atoms with Crippen LogP contribution in [0.15, 0.2) is 12.3 Å². The topological polar surface area (TPSA) is 79.6 Å². The first-order valence-corrected chi connectivity index (χ1v) is 6.88. The van der Waals surface area contributed by atoms with Gasteiger partial charge in [-0.25, -0.2) is 4.68 Å². The van der Waals surface area contributed by atoms with E-state index in [4.69, 9.17) is 9.84 Å². The number of ether oxygens (including phenoxy) is 1. The molecule has 7 nitrogen and oxygen atoms in total. The Kier molecular flexibility index (Phi) is 5.11. The zero-order valence-electron chi connectivity index (χ0n) is 12.0. The summed E-state index contributed by atoms with van der Waals surface area (Å²) in [5, 5.41) is 16.1. The zero-order chi connectivity index (χ0) is 14.5. The third-order valence-corrected chi connectivity index (χ3v) is 3.22. The lowest BCUT2D eigenvalue weighted by Crippen LogP contribution is -2.46. The van der Waals surface area contributed by atoms with Crippen LogP contribution in [0.5, 0.6) is 0 Å². The lowest BCUT2D eigenvalue weighted by Gasteiger charge is -2.31. The number of aliphatic hydroxyl groups excluding tert-OH is 1. The Hall–Kier alpha value is -1.44. The summed E-state index contributed by atoms with van der Waals surface area (Å²) in [6.45, 7) is 6.12. The molecule has 0 saturated carbocycles. The summed E-state index contributed by atoms with van der Waals surface area (Å²) in [4.78, 5) is 14.0. The Morgan fingerprint density at radius 3 is 3.15 bits per heavy atom. The fourth-order valence-electron chi connectivity index (χ4n) is 2.24. The number of hydrogen-bond acceptors (Lipinski definition) is 5. The fraction of sp³-hybridized carbons (Fsp3) is 0.692. The highest BCUT2D eigenvalue weighted by atomic mass is 16.5. The molecule has 0 spiro atoms. The van der Waals surface area contributed by atoms with Crippen LogP contribution in [0.3, 0.4) is 0 Å². The Morgan fingerprint density at radius 2 is 2.45 bits per heavy atom. The number of rotatable bonds is 5. The molecule has 2 N–H and O–H groups in total. The predicted molar refractivity (Wildman–Crippen MR) is 74.5 cm³/mol. The van der Waals surface area contributed by atoms with Crippen LogP contribution < -0.4 is 5.32 Å². The maximum absolute atomic E-state index is 12.1. The number of amides is 1. The summed E-state index contributed by atoms with van der Waals surface area (Å²) in [6, 6.07) is 1.98. The molecule has 1 aliphatic rings. The molecule has 1 saturated heterocycles. The number of aliphatic hydroxyl groups is 1. The van der Waals surface area contributed by atoms with Gasteiger partial charge in [0.1, 0.15) is 5.82 Å². The lowest BCUT2D eigenvalue weighted by molar-refractivity contribution is -0.120. The summed E-state index contributed by atoms with van der Waals surface area (Å²) in [5.74, 6) is 0.628. The van der Waals surface area contributed by atoms with E-state index in [9.17, 15) is 4.79 Å². The number of carbonyl (C=O) groups is 1. The Bertz CT molecular complexity index is 447. The predicted octanol–water partition coefficient (Wildman–Crippen LogP) is 0.0956. The summed E-state index contributed by atoms with van der Waals surface area (Å²) < 4.78 is 7.13. The van der Waals surface area contributed by atoms with Gasteiger partial charge in [-0.2, -0.15) is 5.10 Å². The van der Waals surface area contributed by atoms with Crippen molar-refractivity contribution < 1.29 is 14.6 Å². The van der Waals surface area contributed by atoms with Gasteiger partial charge in [0, 0.05) is 25.2 Å². The second kappa shape index (κ2) is 6.83. The van der Waals surface area contributed by atoms with Crippen LogP contribution in [-0.2, 0) is 9.53 Å². The molecule has 1 atom stereocenters. The van der Waals surface area contributed by atoms with E-state index in [-0.39, 0.29) is 24.7 Å². The summed E-state index contributed by atoms with van der Waals surface area (Å²) in [7, 11) is 0. The van der Waals surface area contributed by atoms with Crippen LogP contribution in [0.4, 0.5) is 5.82 Å². The second-order valence-electron chi connectivity index (χ2n) is 5.21. The standard InChI is InChI=1S/C13H22N4O3/c1-10(2)17-12(3-4-14-17)15-13(19)8-16-5-6-20-11(7-16)9-18/h3-4,10-11,18H,5-9H2,1-2H3,(H,15,19). The van der Waals surface area contributed by atoms with Crippen molar-refractivity contribution in [2.45, 2.75) is 26.0 Å². The van der Waals surface area contributed by atoms with E-state index in [0.29, 0.717) is 32.1 Å². The van der Waals surface area contributed by atoms with Gasteiger partial charge in [0.25, 0.3) is 0 Å². The molecule has 112 valence electrons. The Morgan fingerprint density at radius 1 is 1.65 bits per heavy atom. The van der Waals surface area contributed by atoms with Crippen LogP contribution >= 0.6 is 0 Å². The SMILES string of the molecule is CC(C)n1nccc1NC(=O)CN1CCOC(CO)C1. The highest BCUT2D eigenvalue weighted by Gasteiger charge is 2.21. The summed E-state index contributed by atoms with van der Waals surface area (Å²) >= 11 is 0. The number of nitrogens with zero attached hydrogens (tertiary/aromatic N) is 3. The van der Waals surface area contributed by atoms with Crippen molar-refractivity contribution in [3.8, 4) is 0 Å². The van der Waals surface area contributed by atoms with Crippen molar-refractivity contribution in [2.75, 3.05) is 38.2 Å². The molecule has 7 heteroatoms. The van der Waals surface area contributed by atoms with Gasteiger partial charge in [0.15, 0.2) is 0 Å². The Balaban J connectivity index is 1.87. The molecule has 20 heavy (non-hydrogen) atoms. The zero-order valence-corrected chi connectivity index (χ0v) is 12.0. The molecule has 0 bridgehead atoms. The van der Waals surface area contributed by atoms with Gasteiger partial charge in [-0.05, 0) is 13.8 Å². The van der Waals surface area contributed by atoms with Crippen LogP contribution in [0, 0.1) is 0 Å². The minimum absolute atomic E-state index is 0.0156. The molecule has 1 unspecified atom stereocenters. The number of morpholine rings is 1. The molecule has 1 aromatic heterocycles. The van der Waals surface area contributed by atoms with Crippen molar-refractivity contribution in [1.29, 1.82) is 0 Å². The van der Waals surface area contributed by atoms with E-state index in [0.717, 1.165) is 0 Å². The van der Waals surface area contributed by atoms with Gasteiger partial charge in [0.05, 0.1) is 32.1 Å². The van der Waals surface area contributed by atoms with Crippen molar-refractivity contribution in [3.63, 3.8) is 0 Å². The molecule has 0 aromatic carbocycles.